The summed E-state index contributed by atoms with van der Waals surface area (Å²) in [7, 11) is -3.82. The summed E-state index contributed by atoms with van der Waals surface area (Å²) in [6.45, 7) is 0.0170. The van der Waals surface area contributed by atoms with Gasteiger partial charge in [-0.15, -0.1) is 0 Å². The zero-order chi connectivity index (χ0) is 18.1. The van der Waals surface area contributed by atoms with Crippen molar-refractivity contribution >= 4 is 21.5 Å². The van der Waals surface area contributed by atoms with Crippen LogP contribution in [0.2, 0.25) is 0 Å². The van der Waals surface area contributed by atoms with E-state index in [1.54, 1.807) is 0 Å². The maximum atomic E-state index is 13.1. The molecule has 3 fully saturated rings. The summed E-state index contributed by atoms with van der Waals surface area (Å²) >= 11 is 0. The lowest BCUT2D eigenvalue weighted by molar-refractivity contribution is -0.137. The van der Waals surface area contributed by atoms with Gasteiger partial charge in [-0.05, 0) is 30.5 Å². The summed E-state index contributed by atoms with van der Waals surface area (Å²) in [5.74, 6) is -0.853. The van der Waals surface area contributed by atoms with E-state index >= 15 is 0 Å². The Labute approximate surface area is 142 Å². The van der Waals surface area contributed by atoms with Crippen molar-refractivity contribution in [1.29, 1.82) is 5.26 Å². The number of nitriles is 1. The van der Waals surface area contributed by atoms with Gasteiger partial charge in [0.05, 0.1) is 28.1 Å². The minimum atomic E-state index is -4.75. The van der Waals surface area contributed by atoms with Crippen LogP contribution in [0.25, 0.3) is 0 Å². The Hall–Kier alpha value is -2.08. The van der Waals surface area contributed by atoms with Crippen molar-refractivity contribution < 1.29 is 26.4 Å². The number of anilines is 1. The van der Waals surface area contributed by atoms with Crippen LogP contribution in [0, 0.1) is 29.1 Å². The molecular formula is C16H13F3N2O3S. The normalized spacial score (nSPS) is 32.7. The topological polar surface area (TPSA) is 78.2 Å². The van der Waals surface area contributed by atoms with Gasteiger partial charge in [-0.1, -0.05) is 0 Å². The standard InChI is InChI=1S/C16H13F3N2O3S/c17-16(18,19)13-5-10(2-1-8(13)6-20)21-7-12-11-3-9(4-14(11)22)15(12)25(21,23)24/h1-2,5,9,11-12,15H,3-4,7H2/t9-,11-,12+,15-/m1/s1. The highest BCUT2D eigenvalue weighted by atomic mass is 32.2. The van der Waals surface area contributed by atoms with Crippen LogP contribution in [0.4, 0.5) is 18.9 Å². The fourth-order valence-electron chi connectivity index (χ4n) is 4.60. The highest BCUT2D eigenvalue weighted by Gasteiger charge is 2.62. The number of benzene rings is 1. The van der Waals surface area contributed by atoms with Crippen molar-refractivity contribution in [2.45, 2.75) is 24.3 Å². The molecule has 4 atom stereocenters. The largest absolute Gasteiger partial charge is 0.417 e. The molecule has 1 heterocycles. The maximum absolute atomic E-state index is 13.1. The quantitative estimate of drug-likeness (QED) is 0.760. The van der Waals surface area contributed by atoms with Crippen molar-refractivity contribution in [3.8, 4) is 6.07 Å². The maximum Gasteiger partial charge on any atom is 0.417 e. The third kappa shape index (κ3) is 2.20. The lowest BCUT2D eigenvalue weighted by atomic mass is 9.87. The van der Waals surface area contributed by atoms with Gasteiger partial charge >= 0.3 is 6.18 Å². The lowest BCUT2D eigenvalue weighted by Gasteiger charge is -2.22. The second kappa shape index (κ2) is 4.97. The van der Waals surface area contributed by atoms with Crippen LogP contribution in [0.15, 0.2) is 18.2 Å². The number of carbonyl (C=O) groups excluding carboxylic acids is 1. The first-order valence-electron chi connectivity index (χ1n) is 7.80. The molecule has 0 spiro atoms. The number of nitrogens with zero attached hydrogens (tertiary/aromatic N) is 2. The zero-order valence-corrected chi connectivity index (χ0v) is 13.6. The smallest absolute Gasteiger partial charge is 0.299 e. The van der Waals surface area contributed by atoms with Gasteiger partial charge in [0, 0.05) is 24.8 Å². The number of carbonyl (C=O) groups is 1. The predicted molar refractivity (Wildman–Crippen MR) is 80.9 cm³/mol. The van der Waals surface area contributed by atoms with Crippen molar-refractivity contribution in [3.05, 3.63) is 29.3 Å². The SMILES string of the molecule is N#Cc1ccc(N2C[C@@H]3[C@@H]([C@H]4CC(=O)[C@@H]3C4)S2(=O)=O)cc1C(F)(F)F. The van der Waals surface area contributed by atoms with Gasteiger partial charge in [0.15, 0.2) is 0 Å². The molecule has 1 aromatic rings. The molecule has 9 heteroatoms. The van der Waals surface area contributed by atoms with Crippen LogP contribution in [0.5, 0.6) is 0 Å². The van der Waals surface area contributed by atoms with E-state index < -0.39 is 32.6 Å². The molecular weight excluding hydrogens is 357 g/mol. The molecule has 0 N–H and O–H groups in total. The molecule has 5 nitrogen and oxygen atoms in total. The highest BCUT2D eigenvalue weighted by Crippen LogP contribution is 2.54. The van der Waals surface area contributed by atoms with Crippen LogP contribution in [0.1, 0.15) is 24.0 Å². The summed E-state index contributed by atoms with van der Waals surface area (Å²) < 4.78 is 66.1. The molecule has 0 unspecified atom stereocenters. The van der Waals surface area contributed by atoms with E-state index in [-0.39, 0.29) is 42.2 Å². The van der Waals surface area contributed by atoms with E-state index in [0.717, 1.165) is 10.4 Å². The van der Waals surface area contributed by atoms with Gasteiger partial charge in [-0.2, -0.15) is 18.4 Å². The Kier molecular flexibility index (Phi) is 3.26. The molecule has 0 aromatic heterocycles. The van der Waals surface area contributed by atoms with Gasteiger partial charge in [-0.25, -0.2) is 8.42 Å². The average Bonchev–Trinajstić information content (AvgIpc) is 3.15. The Bertz CT molecular complexity index is 920. The van der Waals surface area contributed by atoms with E-state index in [2.05, 4.69) is 0 Å². The molecule has 1 saturated heterocycles. The second-order valence-electron chi connectivity index (χ2n) is 6.82. The highest BCUT2D eigenvalue weighted by molar-refractivity contribution is 7.93. The summed E-state index contributed by atoms with van der Waals surface area (Å²) in [5, 5.41) is 8.17. The molecule has 25 heavy (non-hydrogen) atoms. The molecule has 1 aromatic carbocycles. The van der Waals surface area contributed by atoms with Crippen molar-refractivity contribution in [1.82, 2.24) is 0 Å². The fourth-order valence-corrected chi connectivity index (χ4v) is 7.09. The number of rotatable bonds is 1. The van der Waals surface area contributed by atoms with Crippen LogP contribution in [0.3, 0.4) is 0 Å². The number of fused-ring (bicyclic) bond motifs is 5. The molecule has 0 amide bonds. The van der Waals surface area contributed by atoms with E-state index in [1.165, 1.54) is 12.1 Å². The van der Waals surface area contributed by atoms with Gasteiger partial charge < -0.3 is 0 Å². The Balaban J connectivity index is 1.77. The summed E-state index contributed by atoms with van der Waals surface area (Å²) in [6, 6.07) is 4.39. The summed E-state index contributed by atoms with van der Waals surface area (Å²) in [4.78, 5) is 11.9. The molecule has 0 radical (unpaired) electrons. The first kappa shape index (κ1) is 16.4. The minimum absolute atomic E-state index is 0.0170. The predicted octanol–water partition coefficient (Wildman–Crippen LogP) is 2.32. The molecule has 3 aliphatic rings. The lowest BCUT2D eigenvalue weighted by Crippen LogP contribution is -2.34. The van der Waals surface area contributed by atoms with Crippen LogP contribution in [-0.4, -0.2) is 26.0 Å². The molecule has 2 bridgehead atoms. The van der Waals surface area contributed by atoms with Crippen LogP contribution >= 0.6 is 0 Å². The molecule has 4 rings (SSSR count). The van der Waals surface area contributed by atoms with Gasteiger partial charge in [0.1, 0.15) is 5.78 Å². The number of halogens is 3. The number of hydrogen-bond acceptors (Lipinski definition) is 4. The number of sulfonamides is 1. The number of ketones is 1. The van der Waals surface area contributed by atoms with E-state index in [0.29, 0.717) is 12.5 Å². The average molecular weight is 370 g/mol. The monoisotopic (exact) mass is 370 g/mol. The number of hydrogen-bond donors (Lipinski definition) is 0. The van der Waals surface area contributed by atoms with Crippen LogP contribution < -0.4 is 4.31 Å². The first-order chi connectivity index (χ1) is 11.6. The first-order valence-corrected chi connectivity index (χ1v) is 9.30. The van der Waals surface area contributed by atoms with Crippen molar-refractivity contribution in [2.24, 2.45) is 17.8 Å². The summed E-state index contributed by atoms with van der Waals surface area (Å²) in [5.41, 5.74) is -1.81. The second-order valence-corrected chi connectivity index (χ2v) is 8.83. The molecule has 2 saturated carbocycles. The Morgan fingerprint density at radius 2 is 2.00 bits per heavy atom. The van der Waals surface area contributed by atoms with E-state index in [4.69, 9.17) is 5.26 Å². The number of Topliss-reactive ketones (excluding diaryl/α,β-unsaturated/α-hetero) is 1. The number of alkyl halides is 3. The van der Waals surface area contributed by atoms with Gasteiger partial charge in [-0.3, -0.25) is 9.10 Å². The van der Waals surface area contributed by atoms with E-state index in [1.807, 2.05) is 0 Å². The molecule has 1 aliphatic heterocycles. The minimum Gasteiger partial charge on any atom is -0.299 e. The van der Waals surface area contributed by atoms with Gasteiger partial charge in [0.2, 0.25) is 10.0 Å². The zero-order valence-electron chi connectivity index (χ0n) is 12.8. The fraction of sp³-hybridized carbons (Fsp3) is 0.500. The summed E-state index contributed by atoms with van der Waals surface area (Å²) in [6.07, 6.45) is -3.96. The molecule has 2 aliphatic carbocycles. The van der Waals surface area contributed by atoms with Crippen LogP contribution in [-0.2, 0) is 21.0 Å². The third-order valence-electron chi connectivity index (χ3n) is 5.58. The molecule has 132 valence electrons. The Morgan fingerprint density at radius 3 is 2.64 bits per heavy atom. The van der Waals surface area contributed by atoms with E-state index in [9.17, 15) is 26.4 Å². The van der Waals surface area contributed by atoms with Gasteiger partial charge in [0.25, 0.3) is 0 Å². The third-order valence-corrected chi connectivity index (χ3v) is 7.98. The van der Waals surface area contributed by atoms with Crippen molar-refractivity contribution in [2.75, 3.05) is 10.8 Å². The van der Waals surface area contributed by atoms with Crippen molar-refractivity contribution in [3.63, 3.8) is 0 Å². The Morgan fingerprint density at radius 1 is 1.28 bits per heavy atom.